The van der Waals surface area contributed by atoms with Gasteiger partial charge >= 0.3 is 0 Å². The fourth-order valence-electron chi connectivity index (χ4n) is 2.01. The molecule has 0 aliphatic heterocycles. The van der Waals surface area contributed by atoms with Crippen molar-refractivity contribution in [3.63, 3.8) is 0 Å². The normalized spacial score (nSPS) is 11.5. The van der Waals surface area contributed by atoms with Gasteiger partial charge in [0, 0.05) is 30.7 Å². The van der Waals surface area contributed by atoms with Crippen molar-refractivity contribution in [2.24, 2.45) is 4.99 Å². The zero-order valence-corrected chi connectivity index (χ0v) is 18.1. The van der Waals surface area contributed by atoms with Gasteiger partial charge in [0.25, 0.3) is 0 Å². The number of carbonyl (C=O) groups excluding carboxylic acids is 1. The van der Waals surface area contributed by atoms with Gasteiger partial charge in [-0.2, -0.15) is 0 Å². The highest BCUT2D eigenvalue weighted by Crippen LogP contribution is 2.11. The Morgan fingerprint density at radius 3 is 2.33 bits per heavy atom. The zero-order chi connectivity index (χ0) is 17.5. The monoisotopic (exact) mass is 466 g/mol. The summed E-state index contributed by atoms with van der Waals surface area (Å²) in [6.45, 7) is 9.38. The van der Waals surface area contributed by atoms with Crippen LogP contribution in [-0.2, 0) is 11.3 Å². The summed E-state index contributed by atoms with van der Waals surface area (Å²) >= 11 is 5.90. The Labute approximate surface area is 167 Å². The standard InChI is InChI=1S/C17H27ClN4O.HI/c1-6-19-16(20-11-15(23)21-17(2,3)4)22(5)12-13-7-9-14(18)10-8-13;/h7-10H,6,11-12H2,1-5H3,(H,19,20)(H,21,23);1H. The predicted octanol–water partition coefficient (Wildman–Crippen LogP) is 3.27. The number of aliphatic imine (C=N–C) groups is 1. The molecule has 0 fully saturated rings. The smallest absolute Gasteiger partial charge is 0.242 e. The van der Waals surface area contributed by atoms with Gasteiger partial charge in [0.05, 0.1) is 0 Å². The summed E-state index contributed by atoms with van der Waals surface area (Å²) in [7, 11) is 1.94. The molecule has 1 amide bonds. The summed E-state index contributed by atoms with van der Waals surface area (Å²) in [4.78, 5) is 18.3. The van der Waals surface area contributed by atoms with Crippen molar-refractivity contribution in [1.82, 2.24) is 15.5 Å². The van der Waals surface area contributed by atoms with Crippen LogP contribution in [0.25, 0.3) is 0 Å². The van der Waals surface area contributed by atoms with Crippen LogP contribution in [0.2, 0.25) is 5.02 Å². The third-order valence-electron chi connectivity index (χ3n) is 2.92. The van der Waals surface area contributed by atoms with Gasteiger partial charge in [-0.3, -0.25) is 4.79 Å². The highest BCUT2D eigenvalue weighted by atomic mass is 127. The minimum atomic E-state index is -0.250. The molecule has 0 unspecified atom stereocenters. The van der Waals surface area contributed by atoms with Crippen molar-refractivity contribution in [3.8, 4) is 0 Å². The van der Waals surface area contributed by atoms with E-state index in [2.05, 4.69) is 15.6 Å². The molecule has 0 aromatic heterocycles. The summed E-state index contributed by atoms with van der Waals surface area (Å²) in [5.74, 6) is 0.610. The molecule has 0 spiro atoms. The lowest BCUT2D eigenvalue weighted by Gasteiger charge is -2.23. The molecular weight excluding hydrogens is 439 g/mol. The summed E-state index contributed by atoms with van der Waals surface area (Å²) in [5, 5.41) is 6.82. The molecule has 0 bridgehead atoms. The zero-order valence-electron chi connectivity index (χ0n) is 15.0. The fraction of sp³-hybridized carbons (Fsp3) is 0.529. The van der Waals surface area contributed by atoms with E-state index in [0.29, 0.717) is 12.5 Å². The molecule has 0 radical (unpaired) electrons. The summed E-state index contributed by atoms with van der Waals surface area (Å²) in [6.07, 6.45) is 0. The van der Waals surface area contributed by atoms with Gasteiger partial charge in [-0.05, 0) is 45.4 Å². The lowest BCUT2D eigenvalue weighted by atomic mass is 10.1. The van der Waals surface area contributed by atoms with E-state index in [9.17, 15) is 4.79 Å². The van der Waals surface area contributed by atoms with Gasteiger partial charge in [0.1, 0.15) is 6.54 Å². The van der Waals surface area contributed by atoms with E-state index < -0.39 is 0 Å². The van der Waals surface area contributed by atoms with Crippen molar-refractivity contribution in [3.05, 3.63) is 34.9 Å². The van der Waals surface area contributed by atoms with E-state index in [-0.39, 0.29) is 42.0 Å². The Morgan fingerprint density at radius 1 is 1.25 bits per heavy atom. The van der Waals surface area contributed by atoms with Crippen LogP contribution in [0.4, 0.5) is 0 Å². The second-order valence-corrected chi connectivity index (χ2v) is 6.89. The number of nitrogens with zero attached hydrogens (tertiary/aromatic N) is 2. The molecule has 0 saturated heterocycles. The lowest BCUT2D eigenvalue weighted by molar-refractivity contribution is -0.121. The number of nitrogens with one attached hydrogen (secondary N) is 2. The Bertz CT molecular complexity index is 541. The van der Waals surface area contributed by atoms with Gasteiger partial charge in [-0.15, -0.1) is 24.0 Å². The van der Waals surface area contributed by atoms with E-state index in [1.165, 1.54) is 0 Å². The van der Waals surface area contributed by atoms with Crippen LogP contribution >= 0.6 is 35.6 Å². The highest BCUT2D eigenvalue weighted by Gasteiger charge is 2.14. The number of guanidine groups is 1. The topological polar surface area (TPSA) is 56.7 Å². The second-order valence-electron chi connectivity index (χ2n) is 6.45. The van der Waals surface area contributed by atoms with Crippen LogP contribution in [0.15, 0.2) is 29.3 Å². The van der Waals surface area contributed by atoms with E-state index >= 15 is 0 Å². The first-order valence-corrected chi connectivity index (χ1v) is 8.14. The molecule has 24 heavy (non-hydrogen) atoms. The van der Waals surface area contributed by atoms with E-state index in [0.717, 1.165) is 17.1 Å². The van der Waals surface area contributed by atoms with Crippen LogP contribution in [0.3, 0.4) is 0 Å². The number of amides is 1. The third-order valence-corrected chi connectivity index (χ3v) is 3.17. The average molecular weight is 467 g/mol. The first kappa shape index (κ1) is 23.0. The van der Waals surface area contributed by atoms with E-state index in [1.807, 2.05) is 63.9 Å². The van der Waals surface area contributed by atoms with Gasteiger partial charge in [-0.25, -0.2) is 4.99 Å². The van der Waals surface area contributed by atoms with Crippen LogP contribution in [0.1, 0.15) is 33.3 Å². The molecule has 5 nitrogen and oxygen atoms in total. The average Bonchev–Trinajstić information content (AvgIpc) is 2.44. The molecule has 0 saturated carbocycles. The molecule has 0 atom stereocenters. The third kappa shape index (κ3) is 9.32. The van der Waals surface area contributed by atoms with Crippen molar-refractivity contribution < 1.29 is 4.79 Å². The van der Waals surface area contributed by atoms with Crippen molar-refractivity contribution in [1.29, 1.82) is 0 Å². The molecule has 1 rings (SSSR count). The summed E-state index contributed by atoms with van der Waals surface area (Å²) in [6, 6.07) is 7.70. The Balaban J connectivity index is 0.00000529. The van der Waals surface area contributed by atoms with Crippen molar-refractivity contribution >= 4 is 47.4 Å². The largest absolute Gasteiger partial charge is 0.357 e. The lowest BCUT2D eigenvalue weighted by Crippen LogP contribution is -2.43. The van der Waals surface area contributed by atoms with Crippen molar-refractivity contribution in [2.75, 3.05) is 20.1 Å². The highest BCUT2D eigenvalue weighted by molar-refractivity contribution is 14.0. The molecule has 0 aliphatic rings. The Kier molecular flexibility index (Phi) is 10.3. The van der Waals surface area contributed by atoms with E-state index in [1.54, 1.807) is 0 Å². The molecule has 0 heterocycles. The number of hydrogen-bond acceptors (Lipinski definition) is 2. The molecule has 7 heteroatoms. The second kappa shape index (κ2) is 10.8. The van der Waals surface area contributed by atoms with Crippen LogP contribution in [-0.4, -0.2) is 42.4 Å². The summed E-state index contributed by atoms with van der Waals surface area (Å²) in [5.41, 5.74) is 0.877. The minimum absolute atomic E-state index is 0. The first-order valence-electron chi connectivity index (χ1n) is 7.76. The number of benzene rings is 1. The summed E-state index contributed by atoms with van der Waals surface area (Å²) < 4.78 is 0. The Morgan fingerprint density at radius 2 is 1.83 bits per heavy atom. The number of rotatable bonds is 5. The molecule has 2 N–H and O–H groups in total. The number of halogens is 2. The first-order chi connectivity index (χ1) is 10.7. The number of carbonyl (C=O) groups is 1. The van der Waals surface area contributed by atoms with Gasteiger partial charge in [0.2, 0.25) is 5.91 Å². The maximum absolute atomic E-state index is 11.9. The van der Waals surface area contributed by atoms with E-state index in [4.69, 9.17) is 11.6 Å². The maximum atomic E-state index is 11.9. The van der Waals surface area contributed by atoms with Crippen LogP contribution in [0.5, 0.6) is 0 Å². The fourth-order valence-corrected chi connectivity index (χ4v) is 2.14. The minimum Gasteiger partial charge on any atom is -0.357 e. The number of hydrogen-bond donors (Lipinski definition) is 2. The van der Waals surface area contributed by atoms with Crippen molar-refractivity contribution in [2.45, 2.75) is 39.8 Å². The van der Waals surface area contributed by atoms with Crippen LogP contribution in [0, 0.1) is 0 Å². The Hall–Kier alpha value is -1.02. The quantitative estimate of drug-likeness (QED) is 0.398. The molecule has 1 aromatic rings. The van der Waals surface area contributed by atoms with Gasteiger partial charge < -0.3 is 15.5 Å². The van der Waals surface area contributed by atoms with Gasteiger partial charge in [-0.1, -0.05) is 23.7 Å². The molecular formula is C17H28ClIN4O. The molecule has 136 valence electrons. The molecule has 1 aromatic carbocycles. The maximum Gasteiger partial charge on any atom is 0.242 e. The molecule has 0 aliphatic carbocycles. The van der Waals surface area contributed by atoms with Gasteiger partial charge in [0.15, 0.2) is 5.96 Å². The van der Waals surface area contributed by atoms with Crippen LogP contribution < -0.4 is 10.6 Å². The SMILES string of the molecule is CCNC(=NCC(=O)NC(C)(C)C)N(C)Cc1ccc(Cl)cc1.I. The predicted molar refractivity (Wildman–Crippen MR) is 112 cm³/mol.